The van der Waals surface area contributed by atoms with Crippen molar-refractivity contribution in [3.63, 3.8) is 0 Å². The molecule has 1 N–H and O–H groups in total. The third-order valence-electron chi connectivity index (χ3n) is 2.02. The van der Waals surface area contributed by atoms with Crippen molar-refractivity contribution in [1.82, 2.24) is 9.71 Å². The first kappa shape index (κ1) is 12.1. The molecule has 0 bridgehead atoms. The summed E-state index contributed by atoms with van der Waals surface area (Å²) in [5.41, 5.74) is 0. The molecule has 17 heavy (non-hydrogen) atoms. The predicted octanol–water partition coefficient (Wildman–Crippen LogP) is 1.81. The lowest BCUT2D eigenvalue weighted by atomic mass is 10.5. The number of aromatic nitrogens is 1. The van der Waals surface area contributed by atoms with E-state index in [1.807, 2.05) is 0 Å². The van der Waals surface area contributed by atoms with E-state index in [2.05, 4.69) is 9.71 Å². The van der Waals surface area contributed by atoms with Crippen LogP contribution < -0.4 is 4.72 Å². The van der Waals surface area contributed by atoms with Crippen molar-refractivity contribution in [2.24, 2.45) is 0 Å². The van der Waals surface area contributed by atoms with Crippen LogP contribution in [0.5, 0.6) is 0 Å². The molecule has 0 atom stereocenters. The van der Waals surface area contributed by atoms with E-state index in [0.717, 1.165) is 0 Å². The lowest BCUT2D eigenvalue weighted by Gasteiger charge is -2.04. The molecule has 2 aromatic rings. The van der Waals surface area contributed by atoms with Crippen LogP contribution in [0, 0.1) is 0 Å². The fraction of sp³-hybridized carbons (Fsp3) is 0.100. The Hall–Kier alpha value is -1.37. The van der Waals surface area contributed by atoms with E-state index < -0.39 is 10.0 Å². The van der Waals surface area contributed by atoms with E-state index in [4.69, 9.17) is 16.0 Å². The van der Waals surface area contributed by atoms with Crippen molar-refractivity contribution >= 4 is 21.6 Å². The summed E-state index contributed by atoms with van der Waals surface area (Å²) in [6.45, 7) is 0.0925. The van der Waals surface area contributed by atoms with Gasteiger partial charge in [0.1, 0.15) is 10.9 Å². The van der Waals surface area contributed by atoms with Gasteiger partial charge in [0.15, 0.2) is 0 Å². The number of hydrogen-bond acceptors (Lipinski definition) is 4. The molecule has 0 aliphatic heterocycles. The molecule has 2 aromatic heterocycles. The molecule has 0 spiro atoms. The monoisotopic (exact) mass is 272 g/mol. The van der Waals surface area contributed by atoms with Crippen molar-refractivity contribution in [3.05, 3.63) is 47.6 Å². The fourth-order valence-corrected chi connectivity index (χ4v) is 2.46. The van der Waals surface area contributed by atoms with Gasteiger partial charge in [0.2, 0.25) is 10.0 Å². The highest BCUT2D eigenvalue weighted by molar-refractivity contribution is 7.89. The molecule has 90 valence electrons. The van der Waals surface area contributed by atoms with Crippen LogP contribution in [-0.4, -0.2) is 13.4 Å². The van der Waals surface area contributed by atoms with Gasteiger partial charge in [-0.05, 0) is 24.3 Å². The maximum absolute atomic E-state index is 11.8. The molecule has 7 heteroatoms. The van der Waals surface area contributed by atoms with Crippen LogP contribution in [0.2, 0.25) is 5.15 Å². The smallest absolute Gasteiger partial charge is 0.241 e. The van der Waals surface area contributed by atoms with Gasteiger partial charge in [-0.2, -0.15) is 0 Å². The Morgan fingerprint density at radius 1 is 1.41 bits per heavy atom. The number of furan rings is 1. The van der Waals surface area contributed by atoms with E-state index in [-0.39, 0.29) is 16.6 Å². The Morgan fingerprint density at radius 2 is 2.24 bits per heavy atom. The third kappa shape index (κ3) is 3.06. The Morgan fingerprint density at radius 3 is 2.88 bits per heavy atom. The van der Waals surface area contributed by atoms with Crippen molar-refractivity contribution in [2.75, 3.05) is 0 Å². The number of pyridine rings is 1. The highest BCUT2D eigenvalue weighted by Gasteiger charge is 2.14. The average molecular weight is 273 g/mol. The Kier molecular flexibility index (Phi) is 3.46. The molecule has 0 aromatic carbocycles. The molecule has 2 rings (SSSR count). The minimum atomic E-state index is -3.59. The second-order valence-corrected chi connectivity index (χ2v) is 5.37. The van der Waals surface area contributed by atoms with Crippen LogP contribution in [0.25, 0.3) is 0 Å². The Labute approximate surface area is 103 Å². The first-order valence-electron chi connectivity index (χ1n) is 4.71. The van der Waals surface area contributed by atoms with Gasteiger partial charge in [-0.1, -0.05) is 11.6 Å². The van der Waals surface area contributed by atoms with Crippen LogP contribution in [0.4, 0.5) is 0 Å². The van der Waals surface area contributed by atoms with Gasteiger partial charge in [-0.25, -0.2) is 18.1 Å². The normalized spacial score (nSPS) is 11.6. The summed E-state index contributed by atoms with van der Waals surface area (Å²) in [6.07, 6.45) is 2.82. The van der Waals surface area contributed by atoms with Crippen LogP contribution in [-0.2, 0) is 16.6 Å². The average Bonchev–Trinajstić information content (AvgIpc) is 2.79. The number of halogens is 1. The molecule has 0 aliphatic carbocycles. The molecule has 0 amide bonds. The second-order valence-electron chi connectivity index (χ2n) is 3.22. The van der Waals surface area contributed by atoms with Gasteiger partial charge in [0.25, 0.3) is 0 Å². The van der Waals surface area contributed by atoms with Gasteiger partial charge in [0, 0.05) is 6.20 Å². The summed E-state index contributed by atoms with van der Waals surface area (Å²) < 4.78 is 31.1. The molecule has 0 radical (unpaired) electrons. The summed E-state index contributed by atoms with van der Waals surface area (Å²) in [6, 6.07) is 6.03. The minimum Gasteiger partial charge on any atom is -0.468 e. The van der Waals surface area contributed by atoms with Crippen molar-refractivity contribution in [1.29, 1.82) is 0 Å². The van der Waals surface area contributed by atoms with Crippen LogP contribution in [0.1, 0.15) is 5.76 Å². The van der Waals surface area contributed by atoms with E-state index in [9.17, 15) is 8.42 Å². The topological polar surface area (TPSA) is 72.2 Å². The van der Waals surface area contributed by atoms with E-state index >= 15 is 0 Å². The highest BCUT2D eigenvalue weighted by atomic mass is 35.5. The quantitative estimate of drug-likeness (QED) is 0.862. The van der Waals surface area contributed by atoms with E-state index in [0.29, 0.717) is 5.76 Å². The van der Waals surface area contributed by atoms with Gasteiger partial charge < -0.3 is 4.42 Å². The Bertz CT molecular complexity index is 596. The summed E-state index contributed by atoms with van der Waals surface area (Å²) >= 11 is 5.63. The van der Waals surface area contributed by atoms with E-state index in [1.54, 1.807) is 12.1 Å². The summed E-state index contributed by atoms with van der Waals surface area (Å²) in [4.78, 5) is 3.79. The largest absolute Gasteiger partial charge is 0.468 e. The maximum Gasteiger partial charge on any atom is 0.241 e. The zero-order valence-electron chi connectivity index (χ0n) is 8.63. The molecule has 0 unspecified atom stereocenters. The first-order valence-corrected chi connectivity index (χ1v) is 6.58. The number of rotatable bonds is 4. The SMILES string of the molecule is O=S(=O)(NCc1ccco1)c1ccnc(Cl)c1. The maximum atomic E-state index is 11.8. The summed E-state index contributed by atoms with van der Waals surface area (Å²) in [7, 11) is -3.59. The lowest BCUT2D eigenvalue weighted by Crippen LogP contribution is -2.23. The molecular formula is C10H9ClN2O3S. The Balaban J connectivity index is 2.14. The molecular weight excluding hydrogens is 264 g/mol. The fourth-order valence-electron chi connectivity index (χ4n) is 1.21. The first-order chi connectivity index (χ1) is 8.08. The highest BCUT2D eigenvalue weighted by Crippen LogP contribution is 2.13. The van der Waals surface area contributed by atoms with Gasteiger partial charge in [-0.3, -0.25) is 0 Å². The van der Waals surface area contributed by atoms with Crippen LogP contribution in [0.3, 0.4) is 0 Å². The minimum absolute atomic E-state index is 0.0732. The zero-order chi connectivity index (χ0) is 12.3. The van der Waals surface area contributed by atoms with E-state index in [1.165, 1.54) is 24.6 Å². The molecule has 0 fully saturated rings. The summed E-state index contributed by atoms with van der Waals surface area (Å²) in [5.74, 6) is 0.536. The molecule has 0 aliphatic rings. The standard InChI is InChI=1S/C10H9ClN2O3S/c11-10-6-9(3-4-12-10)17(14,15)13-7-8-2-1-5-16-8/h1-6,13H,7H2. The van der Waals surface area contributed by atoms with Crippen molar-refractivity contribution in [3.8, 4) is 0 Å². The summed E-state index contributed by atoms with van der Waals surface area (Å²) in [5, 5.41) is 0.130. The van der Waals surface area contributed by atoms with Gasteiger partial charge in [-0.15, -0.1) is 0 Å². The van der Waals surface area contributed by atoms with Crippen molar-refractivity contribution < 1.29 is 12.8 Å². The van der Waals surface area contributed by atoms with Gasteiger partial charge in [0.05, 0.1) is 17.7 Å². The second kappa shape index (κ2) is 4.87. The number of sulfonamides is 1. The van der Waals surface area contributed by atoms with Crippen molar-refractivity contribution in [2.45, 2.75) is 11.4 Å². The molecule has 0 saturated carbocycles. The predicted molar refractivity (Wildman–Crippen MR) is 62.0 cm³/mol. The number of hydrogen-bond donors (Lipinski definition) is 1. The molecule has 2 heterocycles. The molecule has 5 nitrogen and oxygen atoms in total. The van der Waals surface area contributed by atoms with Crippen LogP contribution in [0.15, 0.2) is 46.0 Å². The lowest BCUT2D eigenvalue weighted by molar-refractivity contribution is 0.498. The third-order valence-corrected chi connectivity index (χ3v) is 3.63. The number of nitrogens with one attached hydrogen (secondary N) is 1. The number of nitrogens with zero attached hydrogens (tertiary/aromatic N) is 1. The molecule has 0 saturated heterocycles. The van der Waals surface area contributed by atoms with Gasteiger partial charge >= 0.3 is 0 Å². The van der Waals surface area contributed by atoms with Crippen LogP contribution >= 0.6 is 11.6 Å². The zero-order valence-corrected chi connectivity index (χ0v) is 10.2.